The zero-order chi connectivity index (χ0) is 16.4. The number of anilines is 1. The predicted octanol–water partition coefficient (Wildman–Crippen LogP) is 3.52. The molecule has 0 aliphatic heterocycles. The molecular weight excluding hydrogens is 285 g/mol. The number of nitrogens with zero attached hydrogens (tertiary/aromatic N) is 2. The summed E-state index contributed by atoms with van der Waals surface area (Å²) < 4.78 is 15.7. The number of hydrogen-bond acceptors (Lipinski definition) is 3. The molecule has 0 saturated carbocycles. The van der Waals surface area contributed by atoms with Crippen LogP contribution in [0.4, 0.5) is 10.1 Å². The summed E-state index contributed by atoms with van der Waals surface area (Å²) in [5, 5.41) is 13.5. The number of benzene rings is 1. The molecule has 3 N–H and O–H groups in total. The number of aromatic carboxylic acids is 1. The zero-order valence-electron chi connectivity index (χ0n) is 12.9. The minimum Gasteiger partial charge on any atom is -0.478 e. The molecule has 0 bridgehead atoms. The molecular formula is C16H20FN3O2. The van der Waals surface area contributed by atoms with Crippen LogP contribution in [0.25, 0.3) is 11.3 Å². The van der Waals surface area contributed by atoms with Gasteiger partial charge in [-0.05, 0) is 36.6 Å². The van der Waals surface area contributed by atoms with Crippen LogP contribution in [0.3, 0.4) is 0 Å². The van der Waals surface area contributed by atoms with Crippen molar-refractivity contribution in [3.63, 3.8) is 0 Å². The Morgan fingerprint density at radius 2 is 2.09 bits per heavy atom. The number of nitrogen functional groups attached to an aromatic ring is 1. The SMILES string of the molecule is CC(C)Cn1nccc1-c1cc(C(=O)O)c(N)cc1C(C)F. The van der Waals surface area contributed by atoms with Gasteiger partial charge in [0.1, 0.15) is 6.17 Å². The third-order valence-corrected chi connectivity index (χ3v) is 3.41. The topological polar surface area (TPSA) is 81.1 Å². The maximum atomic E-state index is 14.0. The summed E-state index contributed by atoms with van der Waals surface area (Å²) in [7, 11) is 0. The van der Waals surface area contributed by atoms with E-state index in [9.17, 15) is 14.3 Å². The van der Waals surface area contributed by atoms with E-state index < -0.39 is 12.1 Å². The summed E-state index contributed by atoms with van der Waals surface area (Å²) in [5.41, 5.74) is 7.33. The lowest BCUT2D eigenvalue weighted by Gasteiger charge is -2.16. The molecule has 0 saturated heterocycles. The number of alkyl halides is 1. The van der Waals surface area contributed by atoms with Crippen LogP contribution in [-0.2, 0) is 6.54 Å². The van der Waals surface area contributed by atoms with Gasteiger partial charge in [-0.25, -0.2) is 9.18 Å². The molecule has 0 fully saturated rings. The number of halogens is 1. The third kappa shape index (κ3) is 3.10. The normalized spacial score (nSPS) is 12.6. The van der Waals surface area contributed by atoms with Crippen molar-refractivity contribution in [3.8, 4) is 11.3 Å². The molecule has 0 spiro atoms. The molecule has 118 valence electrons. The quantitative estimate of drug-likeness (QED) is 0.828. The van der Waals surface area contributed by atoms with Crippen LogP contribution in [0, 0.1) is 5.92 Å². The summed E-state index contributed by atoms with van der Waals surface area (Å²) in [5.74, 6) is -0.774. The summed E-state index contributed by atoms with van der Waals surface area (Å²) in [4.78, 5) is 11.3. The van der Waals surface area contributed by atoms with Crippen molar-refractivity contribution < 1.29 is 14.3 Å². The highest BCUT2D eigenvalue weighted by molar-refractivity contribution is 5.95. The lowest BCUT2D eigenvalue weighted by Crippen LogP contribution is -2.10. The van der Waals surface area contributed by atoms with Crippen molar-refractivity contribution in [3.05, 3.63) is 35.5 Å². The molecule has 2 rings (SSSR count). The third-order valence-electron chi connectivity index (χ3n) is 3.41. The van der Waals surface area contributed by atoms with E-state index in [2.05, 4.69) is 18.9 Å². The fraction of sp³-hybridized carbons (Fsp3) is 0.375. The highest BCUT2D eigenvalue weighted by Gasteiger charge is 2.20. The monoisotopic (exact) mass is 305 g/mol. The van der Waals surface area contributed by atoms with Gasteiger partial charge in [0, 0.05) is 24.0 Å². The van der Waals surface area contributed by atoms with E-state index in [1.165, 1.54) is 19.1 Å². The summed E-state index contributed by atoms with van der Waals surface area (Å²) in [6.07, 6.45) is 0.365. The van der Waals surface area contributed by atoms with Gasteiger partial charge in [-0.3, -0.25) is 4.68 Å². The average Bonchev–Trinajstić information content (AvgIpc) is 2.85. The molecule has 0 aliphatic rings. The lowest BCUT2D eigenvalue weighted by molar-refractivity contribution is 0.0698. The van der Waals surface area contributed by atoms with Crippen LogP contribution in [-0.4, -0.2) is 20.9 Å². The van der Waals surface area contributed by atoms with E-state index in [-0.39, 0.29) is 11.3 Å². The fourth-order valence-electron chi connectivity index (χ4n) is 2.42. The first-order chi connectivity index (χ1) is 10.3. The van der Waals surface area contributed by atoms with Crippen LogP contribution >= 0.6 is 0 Å². The fourth-order valence-corrected chi connectivity index (χ4v) is 2.42. The van der Waals surface area contributed by atoms with Crippen LogP contribution < -0.4 is 5.73 Å². The number of rotatable bonds is 5. The molecule has 1 unspecified atom stereocenters. The van der Waals surface area contributed by atoms with Gasteiger partial charge < -0.3 is 10.8 Å². The molecule has 0 radical (unpaired) electrons. The number of carbonyl (C=O) groups is 1. The van der Waals surface area contributed by atoms with Gasteiger partial charge in [-0.2, -0.15) is 5.10 Å². The van der Waals surface area contributed by atoms with Crippen LogP contribution in [0.15, 0.2) is 24.4 Å². The first-order valence-corrected chi connectivity index (χ1v) is 7.14. The first kappa shape index (κ1) is 16.0. The van der Waals surface area contributed by atoms with E-state index in [0.29, 0.717) is 29.3 Å². The molecule has 1 atom stereocenters. The number of aromatic nitrogens is 2. The molecule has 6 heteroatoms. The average molecular weight is 305 g/mol. The van der Waals surface area contributed by atoms with Crippen molar-refractivity contribution >= 4 is 11.7 Å². The predicted molar refractivity (Wildman–Crippen MR) is 83.4 cm³/mol. The largest absolute Gasteiger partial charge is 0.478 e. The second-order valence-electron chi connectivity index (χ2n) is 5.74. The van der Waals surface area contributed by atoms with Crippen LogP contribution in [0.1, 0.15) is 42.9 Å². The molecule has 0 aliphatic carbocycles. The van der Waals surface area contributed by atoms with Crippen molar-refractivity contribution in [1.29, 1.82) is 0 Å². The van der Waals surface area contributed by atoms with E-state index in [4.69, 9.17) is 5.73 Å². The number of hydrogen-bond donors (Lipinski definition) is 2. The van der Waals surface area contributed by atoms with Crippen molar-refractivity contribution in [2.45, 2.75) is 33.5 Å². The Kier molecular flexibility index (Phi) is 4.49. The molecule has 1 heterocycles. The Balaban J connectivity index is 2.65. The highest BCUT2D eigenvalue weighted by atomic mass is 19.1. The number of nitrogens with two attached hydrogens (primary N) is 1. The Labute approximate surface area is 128 Å². The second kappa shape index (κ2) is 6.17. The van der Waals surface area contributed by atoms with E-state index >= 15 is 0 Å². The van der Waals surface area contributed by atoms with Gasteiger partial charge in [0.25, 0.3) is 0 Å². The summed E-state index contributed by atoms with van der Waals surface area (Å²) in [6, 6.07) is 4.58. The van der Waals surface area contributed by atoms with Gasteiger partial charge in [-0.15, -0.1) is 0 Å². The maximum absolute atomic E-state index is 14.0. The maximum Gasteiger partial charge on any atom is 0.337 e. The number of carboxylic acids is 1. The van der Waals surface area contributed by atoms with E-state index in [1.54, 1.807) is 16.9 Å². The van der Waals surface area contributed by atoms with Gasteiger partial charge in [0.05, 0.1) is 11.3 Å². The lowest BCUT2D eigenvalue weighted by atomic mass is 9.96. The van der Waals surface area contributed by atoms with Crippen LogP contribution in [0.2, 0.25) is 0 Å². The Morgan fingerprint density at radius 3 is 2.64 bits per heavy atom. The molecule has 5 nitrogen and oxygen atoms in total. The molecule has 2 aromatic rings. The summed E-state index contributed by atoms with van der Waals surface area (Å²) in [6.45, 7) is 6.17. The molecule has 22 heavy (non-hydrogen) atoms. The van der Waals surface area contributed by atoms with Gasteiger partial charge in [0.15, 0.2) is 0 Å². The first-order valence-electron chi connectivity index (χ1n) is 7.14. The zero-order valence-corrected chi connectivity index (χ0v) is 12.9. The van der Waals surface area contributed by atoms with Crippen molar-refractivity contribution in [1.82, 2.24) is 9.78 Å². The van der Waals surface area contributed by atoms with Gasteiger partial charge in [0.2, 0.25) is 0 Å². The standard InChI is InChI=1S/C16H20FN3O2/c1-9(2)8-20-15(4-5-19-20)12-6-13(16(21)22)14(18)7-11(12)10(3)17/h4-7,9-10H,8,18H2,1-3H3,(H,21,22). The second-order valence-corrected chi connectivity index (χ2v) is 5.74. The molecule has 1 aromatic carbocycles. The van der Waals surface area contributed by atoms with Crippen molar-refractivity contribution in [2.75, 3.05) is 5.73 Å². The molecule has 0 amide bonds. The van der Waals surface area contributed by atoms with E-state index in [0.717, 1.165) is 0 Å². The van der Waals surface area contributed by atoms with Crippen molar-refractivity contribution in [2.24, 2.45) is 5.92 Å². The minimum atomic E-state index is -1.26. The minimum absolute atomic E-state index is 0.0308. The molecule has 1 aromatic heterocycles. The Hall–Kier alpha value is -2.37. The Bertz CT molecular complexity index is 693. The van der Waals surface area contributed by atoms with E-state index in [1.807, 2.05) is 0 Å². The van der Waals surface area contributed by atoms with Gasteiger partial charge in [-0.1, -0.05) is 13.8 Å². The summed E-state index contributed by atoms with van der Waals surface area (Å²) >= 11 is 0. The number of carboxylic acid groups (broad SMARTS) is 1. The van der Waals surface area contributed by atoms with Crippen LogP contribution in [0.5, 0.6) is 0 Å². The van der Waals surface area contributed by atoms with Gasteiger partial charge >= 0.3 is 5.97 Å². The highest BCUT2D eigenvalue weighted by Crippen LogP contribution is 2.34. The Morgan fingerprint density at radius 1 is 1.41 bits per heavy atom. The smallest absolute Gasteiger partial charge is 0.337 e.